The predicted molar refractivity (Wildman–Crippen MR) is 98.9 cm³/mol. The number of pyridine rings is 1. The molecule has 3 rings (SSSR count). The Bertz CT molecular complexity index is 836. The predicted octanol–water partition coefficient (Wildman–Crippen LogP) is 3.06. The smallest absolute Gasteiger partial charge is 0.222 e. The minimum Gasteiger partial charge on any atom is -0.347 e. The highest BCUT2D eigenvalue weighted by atomic mass is 16.1. The van der Waals surface area contributed by atoms with Gasteiger partial charge in [-0.25, -0.2) is 0 Å². The summed E-state index contributed by atoms with van der Waals surface area (Å²) in [6, 6.07) is 3.99. The second kappa shape index (κ2) is 7.40. The fourth-order valence-corrected chi connectivity index (χ4v) is 3.47. The van der Waals surface area contributed by atoms with Crippen LogP contribution < -0.4 is 5.32 Å². The molecule has 1 atom stereocenters. The Labute approximate surface area is 154 Å². The van der Waals surface area contributed by atoms with Crippen molar-refractivity contribution in [2.45, 2.75) is 59.5 Å². The lowest BCUT2D eigenvalue weighted by Gasteiger charge is -2.18. The van der Waals surface area contributed by atoms with Crippen LogP contribution in [0.3, 0.4) is 0 Å². The highest BCUT2D eigenvalue weighted by Gasteiger charge is 2.34. The third kappa shape index (κ3) is 4.00. The summed E-state index contributed by atoms with van der Waals surface area (Å²) in [5.41, 5.74) is 4.28. The van der Waals surface area contributed by atoms with E-state index in [2.05, 4.69) is 15.4 Å². The number of amides is 1. The first-order valence-electron chi connectivity index (χ1n) is 9.13. The van der Waals surface area contributed by atoms with Gasteiger partial charge in [-0.05, 0) is 64.2 Å². The van der Waals surface area contributed by atoms with Gasteiger partial charge in [0.15, 0.2) is 5.78 Å². The largest absolute Gasteiger partial charge is 0.347 e. The van der Waals surface area contributed by atoms with Gasteiger partial charge in [-0.1, -0.05) is 0 Å². The first-order valence-corrected chi connectivity index (χ1v) is 9.13. The van der Waals surface area contributed by atoms with Crippen molar-refractivity contribution in [2.24, 2.45) is 5.92 Å². The number of carbonyl (C=O) groups is 2. The van der Waals surface area contributed by atoms with Crippen molar-refractivity contribution in [3.63, 3.8) is 0 Å². The van der Waals surface area contributed by atoms with Crippen LogP contribution in [0.1, 0.15) is 65.2 Å². The van der Waals surface area contributed by atoms with E-state index in [0.29, 0.717) is 24.4 Å². The van der Waals surface area contributed by atoms with Gasteiger partial charge >= 0.3 is 0 Å². The monoisotopic (exact) mass is 354 g/mol. The van der Waals surface area contributed by atoms with Crippen LogP contribution in [-0.4, -0.2) is 26.5 Å². The van der Waals surface area contributed by atoms with Gasteiger partial charge in [-0.2, -0.15) is 5.10 Å². The van der Waals surface area contributed by atoms with E-state index in [1.807, 2.05) is 32.9 Å². The lowest BCUT2D eigenvalue weighted by atomic mass is 10.1. The SMILES string of the molecule is CC(=O)c1c(C)nn(CCC(=O)N[C@H](c2cc(C)ccn2)C2CC2)c1C. The molecule has 0 aromatic carbocycles. The molecule has 6 nitrogen and oxygen atoms in total. The van der Waals surface area contributed by atoms with Crippen molar-refractivity contribution in [1.82, 2.24) is 20.1 Å². The summed E-state index contributed by atoms with van der Waals surface area (Å²) >= 11 is 0. The van der Waals surface area contributed by atoms with E-state index in [1.54, 1.807) is 17.8 Å². The molecule has 1 N–H and O–H groups in total. The van der Waals surface area contributed by atoms with Crippen LogP contribution in [0, 0.1) is 26.7 Å². The molecule has 1 aliphatic carbocycles. The van der Waals surface area contributed by atoms with Gasteiger partial charge in [0.2, 0.25) is 5.91 Å². The van der Waals surface area contributed by atoms with E-state index in [9.17, 15) is 9.59 Å². The lowest BCUT2D eigenvalue weighted by molar-refractivity contribution is -0.122. The molecule has 0 aliphatic heterocycles. The molecule has 0 radical (unpaired) electrons. The van der Waals surface area contributed by atoms with Crippen molar-refractivity contribution in [3.05, 3.63) is 46.5 Å². The van der Waals surface area contributed by atoms with Crippen LogP contribution in [0.15, 0.2) is 18.3 Å². The third-order valence-electron chi connectivity index (χ3n) is 4.95. The Kier molecular flexibility index (Phi) is 5.20. The Morgan fingerprint density at radius 1 is 1.31 bits per heavy atom. The zero-order chi connectivity index (χ0) is 18.8. The molecule has 138 valence electrons. The van der Waals surface area contributed by atoms with E-state index in [-0.39, 0.29) is 17.7 Å². The van der Waals surface area contributed by atoms with Crippen LogP contribution in [0.5, 0.6) is 0 Å². The molecule has 1 amide bonds. The molecule has 6 heteroatoms. The molecule has 0 spiro atoms. The number of Topliss-reactive ketones (excluding diaryl/α,β-unsaturated/α-hetero) is 1. The molecular formula is C20H26N4O2. The summed E-state index contributed by atoms with van der Waals surface area (Å²) in [4.78, 5) is 28.7. The summed E-state index contributed by atoms with van der Waals surface area (Å²) in [5, 5.41) is 7.55. The maximum atomic E-state index is 12.5. The van der Waals surface area contributed by atoms with Crippen LogP contribution in [0.4, 0.5) is 0 Å². The van der Waals surface area contributed by atoms with E-state index in [0.717, 1.165) is 35.5 Å². The van der Waals surface area contributed by atoms with E-state index in [1.165, 1.54) is 0 Å². The summed E-state index contributed by atoms with van der Waals surface area (Å²) in [7, 11) is 0. The molecule has 2 aromatic heterocycles. The van der Waals surface area contributed by atoms with Crippen LogP contribution >= 0.6 is 0 Å². The van der Waals surface area contributed by atoms with Gasteiger partial charge in [0.1, 0.15) is 0 Å². The van der Waals surface area contributed by atoms with Crippen molar-refractivity contribution < 1.29 is 9.59 Å². The highest BCUT2D eigenvalue weighted by Crippen LogP contribution is 2.40. The van der Waals surface area contributed by atoms with Crippen LogP contribution in [0.2, 0.25) is 0 Å². The zero-order valence-electron chi connectivity index (χ0n) is 15.9. The Hall–Kier alpha value is -2.50. The zero-order valence-corrected chi connectivity index (χ0v) is 15.9. The Balaban J connectivity index is 1.65. The molecule has 26 heavy (non-hydrogen) atoms. The standard InChI is InChI=1S/C20H26N4O2/c1-12-7-9-21-17(11-12)20(16-5-6-16)22-18(26)8-10-24-14(3)19(15(4)25)13(2)23-24/h7,9,11,16,20H,5-6,8,10H2,1-4H3,(H,22,26)/t20-/m0/s1. The van der Waals surface area contributed by atoms with E-state index >= 15 is 0 Å². The third-order valence-corrected chi connectivity index (χ3v) is 4.95. The summed E-state index contributed by atoms with van der Waals surface area (Å²) in [6.45, 7) is 7.74. The second-order valence-corrected chi connectivity index (χ2v) is 7.22. The summed E-state index contributed by atoms with van der Waals surface area (Å²) < 4.78 is 1.75. The Morgan fingerprint density at radius 2 is 2.04 bits per heavy atom. The summed E-state index contributed by atoms with van der Waals surface area (Å²) in [6.07, 6.45) is 4.37. The number of hydrogen-bond donors (Lipinski definition) is 1. The fraction of sp³-hybridized carbons (Fsp3) is 0.500. The van der Waals surface area contributed by atoms with Gasteiger partial charge in [0.25, 0.3) is 0 Å². The minimum atomic E-state index is -0.0179. The van der Waals surface area contributed by atoms with Gasteiger partial charge in [-0.3, -0.25) is 19.3 Å². The molecule has 1 fully saturated rings. The van der Waals surface area contributed by atoms with Gasteiger partial charge < -0.3 is 5.32 Å². The lowest BCUT2D eigenvalue weighted by Crippen LogP contribution is -2.31. The van der Waals surface area contributed by atoms with Crippen LogP contribution in [-0.2, 0) is 11.3 Å². The van der Waals surface area contributed by atoms with Gasteiger partial charge in [0.05, 0.1) is 23.0 Å². The highest BCUT2D eigenvalue weighted by molar-refractivity contribution is 5.96. The number of aromatic nitrogens is 3. The maximum absolute atomic E-state index is 12.5. The van der Waals surface area contributed by atoms with Gasteiger partial charge in [0, 0.05) is 24.9 Å². The van der Waals surface area contributed by atoms with Crippen molar-refractivity contribution >= 4 is 11.7 Å². The number of nitrogens with zero attached hydrogens (tertiary/aromatic N) is 3. The molecule has 1 saturated carbocycles. The number of ketones is 1. The summed E-state index contributed by atoms with van der Waals surface area (Å²) in [5.74, 6) is 0.475. The molecule has 0 saturated heterocycles. The normalized spacial score (nSPS) is 14.9. The quantitative estimate of drug-likeness (QED) is 0.775. The topological polar surface area (TPSA) is 76.9 Å². The molecule has 2 aromatic rings. The van der Waals surface area contributed by atoms with Gasteiger partial charge in [-0.15, -0.1) is 0 Å². The number of aryl methyl sites for hydroxylation is 3. The average Bonchev–Trinajstić information content (AvgIpc) is 3.36. The first-order chi connectivity index (χ1) is 12.4. The fourth-order valence-electron chi connectivity index (χ4n) is 3.47. The van der Waals surface area contributed by atoms with Crippen molar-refractivity contribution in [1.29, 1.82) is 0 Å². The minimum absolute atomic E-state index is 0.00928. The number of hydrogen-bond acceptors (Lipinski definition) is 4. The van der Waals surface area contributed by atoms with Crippen LogP contribution in [0.25, 0.3) is 0 Å². The number of nitrogens with one attached hydrogen (secondary N) is 1. The second-order valence-electron chi connectivity index (χ2n) is 7.22. The Morgan fingerprint density at radius 3 is 2.62 bits per heavy atom. The maximum Gasteiger partial charge on any atom is 0.222 e. The number of carbonyl (C=O) groups excluding carboxylic acids is 2. The molecule has 0 bridgehead atoms. The first kappa shape index (κ1) is 18.3. The van der Waals surface area contributed by atoms with E-state index in [4.69, 9.17) is 0 Å². The van der Waals surface area contributed by atoms with E-state index < -0.39 is 0 Å². The van der Waals surface area contributed by atoms with Crippen molar-refractivity contribution in [2.75, 3.05) is 0 Å². The molecular weight excluding hydrogens is 328 g/mol. The number of rotatable bonds is 7. The molecule has 2 heterocycles. The van der Waals surface area contributed by atoms with Crippen molar-refractivity contribution in [3.8, 4) is 0 Å². The molecule has 1 aliphatic rings. The average molecular weight is 354 g/mol. The molecule has 0 unspecified atom stereocenters.